The Bertz CT molecular complexity index is 1010. The van der Waals surface area contributed by atoms with Gasteiger partial charge in [0, 0.05) is 0 Å². The number of hydrogen-bond acceptors (Lipinski definition) is 0. The maximum atomic E-state index is 13.8. The van der Waals surface area contributed by atoms with Crippen LogP contribution in [0.25, 0.3) is 0 Å². The van der Waals surface area contributed by atoms with Gasteiger partial charge in [-0.2, -0.15) is 83.4 Å². The molecule has 0 aliphatic carbocycles. The van der Waals surface area contributed by atoms with Crippen LogP contribution in [0.5, 0.6) is 0 Å². The van der Waals surface area contributed by atoms with Crippen molar-refractivity contribution in [1.82, 2.24) is 0 Å². The molecule has 0 bridgehead atoms. The first-order valence-electron chi connectivity index (χ1n) is 7.79. The van der Waals surface area contributed by atoms with Crippen molar-refractivity contribution >= 4 is 0 Å². The quantitative estimate of drug-likeness (QED) is 0.122. The Kier molecular flexibility index (Phi) is 8.11. The lowest BCUT2D eigenvalue weighted by Crippen LogP contribution is -3.68. The summed E-state index contributed by atoms with van der Waals surface area (Å²) >= 11 is -5.27. The molecule has 216 valence electrons. The molecule has 0 N–H and O–H groups in total. The molecule has 0 radical (unpaired) electrons. The van der Waals surface area contributed by atoms with Gasteiger partial charge in [0.1, 0.15) is 0 Å². The van der Waals surface area contributed by atoms with Gasteiger partial charge in [-0.1, -0.05) is 0 Å². The van der Waals surface area contributed by atoms with Crippen molar-refractivity contribution in [2.45, 2.75) is 45.6 Å². The maximum Gasteiger partial charge on any atom is 0.517 e. The summed E-state index contributed by atoms with van der Waals surface area (Å²) in [5.74, 6) is -68.5. The lowest BCUT2D eigenvalue weighted by Gasteiger charge is -2.41. The summed E-state index contributed by atoms with van der Waals surface area (Å²) in [4.78, 5) is 0. The van der Waals surface area contributed by atoms with Crippen molar-refractivity contribution in [3.63, 3.8) is 0 Å². The minimum absolute atomic E-state index is 3.06. The van der Waals surface area contributed by atoms with Crippen LogP contribution >= 0.6 is 0 Å². The van der Waals surface area contributed by atoms with Gasteiger partial charge in [-0.3, -0.25) is 0 Å². The van der Waals surface area contributed by atoms with Crippen molar-refractivity contribution in [1.29, 1.82) is 0 Å². The average molecular weight is 713 g/mol. The van der Waals surface area contributed by atoms with Crippen LogP contribution in [-0.4, -0.2) is 45.6 Å². The highest BCUT2D eigenvalue weighted by atomic mass is 127. The number of hydrogen-bond donors (Lipinski definition) is 0. The number of benzene rings is 1. The Morgan fingerprint density at radius 1 is 0.324 bits per heavy atom. The predicted molar refractivity (Wildman–Crippen MR) is 65.6 cm³/mol. The van der Waals surface area contributed by atoms with Gasteiger partial charge in [0.15, 0.2) is 0 Å². The van der Waals surface area contributed by atoms with Gasteiger partial charge < -0.3 is 0 Å². The normalized spacial score (nSPS) is 15.4. The third-order valence-electron chi connectivity index (χ3n) is 4.05. The maximum absolute atomic E-state index is 13.8. The van der Waals surface area contributed by atoms with Gasteiger partial charge >= 0.3 is 66.8 Å². The van der Waals surface area contributed by atoms with Crippen LogP contribution in [-0.2, 0) is 0 Å². The zero-order valence-corrected chi connectivity index (χ0v) is 17.9. The summed E-state index contributed by atoms with van der Waals surface area (Å²) in [5, 5.41) is 0. The smallest absolute Gasteiger partial charge is 0.200 e. The average Bonchev–Trinajstić information content (AvgIpc) is 2.72. The molecular weight excluding hydrogens is 713 g/mol. The van der Waals surface area contributed by atoms with Crippen molar-refractivity contribution in [3.8, 4) is 0 Å². The highest BCUT2D eigenvalue weighted by molar-refractivity contribution is 5.15. The van der Waals surface area contributed by atoms with Crippen molar-refractivity contribution < 1.29 is 118 Å². The number of rotatable bonds is 8. The van der Waals surface area contributed by atoms with E-state index in [0.717, 1.165) is 0 Å². The third-order valence-corrected chi connectivity index (χ3v) is 6.89. The van der Waals surface area contributed by atoms with Crippen molar-refractivity contribution in [2.24, 2.45) is 0 Å². The fourth-order valence-electron chi connectivity index (χ4n) is 1.98. The molecule has 0 aromatic heterocycles. The highest BCUT2D eigenvalue weighted by Gasteiger charge is 2.97. The Morgan fingerprint density at radius 3 is 0.865 bits per heavy atom. The highest BCUT2D eigenvalue weighted by Crippen LogP contribution is 2.63. The van der Waals surface area contributed by atoms with E-state index in [-0.39, 0.29) is 0 Å². The van der Waals surface area contributed by atoms with E-state index >= 15 is 0 Å². The van der Waals surface area contributed by atoms with Gasteiger partial charge in [0.05, 0.1) is 0 Å². The van der Waals surface area contributed by atoms with Gasteiger partial charge in [0.25, 0.3) is 3.57 Å². The zero-order chi connectivity index (χ0) is 30.2. The molecule has 0 fully saturated rings. The molecule has 37 heavy (non-hydrogen) atoms. The molecule has 0 amide bonds. The second-order valence-electron chi connectivity index (χ2n) is 6.42. The molecule has 0 saturated heterocycles. The van der Waals surface area contributed by atoms with Crippen molar-refractivity contribution in [2.75, 3.05) is 0 Å². The minimum atomic E-state index is -8.94. The molecule has 0 heterocycles. The summed E-state index contributed by atoms with van der Waals surface area (Å²) in [6.07, 6.45) is -7.95. The molecule has 0 nitrogen and oxygen atoms in total. The van der Waals surface area contributed by atoms with Crippen LogP contribution < -0.4 is 21.2 Å². The molecule has 1 rings (SSSR count). The zero-order valence-electron chi connectivity index (χ0n) is 15.7. The summed E-state index contributed by atoms with van der Waals surface area (Å²) in [6.45, 7) is 0. The third kappa shape index (κ3) is 4.42. The molecule has 0 saturated carbocycles. The summed E-state index contributed by atoms with van der Waals surface area (Å²) in [7, 11) is 0. The summed E-state index contributed by atoms with van der Waals surface area (Å²) in [5.41, 5.74) is 0. The van der Waals surface area contributed by atoms with Crippen LogP contribution in [0.3, 0.4) is 0 Å². The van der Waals surface area contributed by atoms with Gasteiger partial charge in [-0.05, 0) is 0 Å². The van der Waals surface area contributed by atoms with E-state index < -0.39 is 99.5 Å². The molecule has 0 unspecified atom stereocenters. The standard InChI is InChI=1S/C14F22I/c15-1-2(16)4(18)6(5(19)3(1)17)37-14(35,36)12(30,31)10(26,27)8(22,23)7(20,21)9(24,25)11(28,29)13(32,33)34/q+1. The Labute approximate surface area is 196 Å². The van der Waals surface area contributed by atoms with Crippen LogP contribution in [0.4, 0.5) is 96.6 Å². The second kappa shape index (κ2) is 8.98. The van der Waals surface area contributed by atoms with E-state index in [0.29, 0.717) is 0 Å². The van der Waals surface area contributed by atoms with Gasteiger partial charge in [-0.25, -0.2) is 13.2 Å². The Hall–Kier alpha value is -1.59. The molecule has 0 aliphatic heterocycles. The Balaban J connectivity index is 3.75. The van der Waals surface area contributed by atoms with E-state index in [1.807, 2.05) is 0 Å². The van der Waals surface area contributed by atoms with Gasteiger partial charge in [0.2, 0.25) is 29.1 Å². The Morgan fingerprint density at radius 2 is 0.568 bits per heavy atom. The van der Waals surface area contributed by atoms with Crippen LogP contribution in [0.15, 0.2) is 0 Å². The molecule has 1 aromatic carbocycles. The number of alkyl halides is 18. The lowest BCUT2D eigenvalue weighted by molar-refractivity contribution is -0.794. The van der Waals surface area contributed by atoms with Crippen molar-refractivity contribution in [3.05, 3.63) is 32.7 Å². The minimum Gasteiger partial charge on any atom is -0.200 e. The van der Waals surface area contributed by atoms with Crippen LogP contribution in [0.1, 0.15) is 0 Å². The van der Waals surface area contributed by atoms with E-state index in [1.54, 1.807) is 0 Å². The van der Waals surface area contributed by atoms with E-state index in [9.17, 15) is 96.6 Å². The fraction of sp³-hybridized carbons (Fsp3) is 0.571. The lowest BCUT2D eigenvalue weighted by atomic mass is 9.91. The summed E-state index contributed by atoms with van der Waals surface area (Å²) in [6, 6.07) is 0. The van der Waals surface area contributed by atoms with E-state index in [1.165, 1.54) is 0 Å². The van der Waals surface area contributed by atoms with Crippen LogP contribution in [0.2, 0.25) is 0 Å². The monoisotopic (exact) mass is 713 g/mol. The van der Waals surface area contributed by atoms with Crippen LogP contribution in [0, 0.1) is 32.7 Å². The molecule has 0 atom stereocenters. The fourth-order valence-corrected chi connectivity index (χ4v) is 4.29. The SMILES string of the molecule is Fc1c(F)c(F)c([I+]C(F)(F)C(F)(F)C(F)(F)C(F)(F)C(F)(F)C(F)(F)C(F)(F)C(F)(F)F)c(F)c1F. The topological polar surface area (TPSA) is 0 Å². The molecule has 1 aromatic rings. The molecule has 23 heteroatoms. The molecular formula is C14F22I+. The molecule has 0 aliphatic rings. The van der Waals surface area contributed by atoms with Gasteiger partial charge in [-0.15, -0.1) is 0 Å². The summed E-state index contributed by atoms with van der Waals surface area (Å²) < 4.78 is 279. The first-order chi connectivity index (χ1) is 15.9. The molecule has 0 spiro atoms. The number of halogens is 23. The van der Waals surface area contributed by atoms with E-state index in [4.69, 9.17) is 0 Å². The predicted octanol–water partition coefficient (Wildman–Crippen LogP) is 4.61. The first-order valence-corrected chi connectivity index (χ1v) is 9.94. The first kappa shape index (κ1) is 33.4. The second-order valence-corrected chi connectivity index (χ2v) is 9.39. The van der Waals surface area contributed by atoms with E-state index in [2.05, 4.69) is 0 Å². The largest absolute Gasteiger partial charge is 0.517 e.